The maximum atomic E-state index is 12.3. The fourth-order valence-corrected chi connectivity index (χ4v) is 4.01. The Hall–Kier alpha value is -1.00. The molecule has 1 aromatic rings. The van der Waals surface area contributed by atoms with Gasteiger partial charge in [0.1, 0.15) is 0 Å². The largest absolute Gasteiger partial charge is 0.347 e. The molecule has 1 unspecified atom stereocenters. The van der Waals surface area contributed by atoms with E-state index in [-0.39, 0.29) is 11.4 Å². The van der Waals surface area contributed by atoms with Gasteiger partial charge in [-0.15, -0.1) is 0 Å². The molecule has 1 saturated heterocycles. The standard InChI is InChI=1S/C16H22N2OS/c19-15(11-14-12-20-10-9-17-14)18-16(7-4-8-16)13-5-2-1-3-6-13/h1-3,5-6,14,17H,4,7-12H2,(H,18,19). The number of thioether (sulfide) groups is 1. The van der Waals surface area contributed by atoms with E-state index in [0.29, 0.717) is 12.5 Å². The molecule has 1 saturated carbocycles. The van der Waals surface area contributed by atoms with Crippen LogP contribution in [-0.4, -0.2) is 30.0 Å². The number of benzene rings is 1. The highest BCUT2D eigenvalue weighted by molar-refractivity contribution is 7.99. The van der Waals surface area contributed by atoms with Crippen molar-refractivity contribution in [3.63, 3.8) is 0 Å². The van der Waals surface area contributed by atoms with E-state index in [1.165, 1.54) is 12.0 Å². The van der Waals surface area contributed by atoms with E-state index in [1.807, 2.05) is 17.8 Å². The number of rotatable bonds is 4. The Morgan fingerprint density at radius 2 is 2.15 bits per heavy atom. The van der Waals surface area contributed by atoms with E-state index in [1.54, 1.807) is 0 Å². The minimum atomic E-state index is -0.0971. The third kappa shape index (κ3) is 3.01. The van der Waals surface area contributed by atoms with Crippen LogP contribution in [0.3, 0.4) is 0 Å². The van der Waals surface area contributed by atoms with Gasteiger partial charge in [0.15, 0.2) is 0 Å². The normalized spacial score (nSPS) is 24.7. The van der Waals surface area contributed by atoms with Gasteiger partial charge in [0.2, 0.25) is 5.91 Å². The van der Waals surface area contributed by atoms with Gasteiger partial charge in [0.05, 0.1) is 5.54 Å². The molecule has 3 nitrogen and oxygen atoms in total. The van der Waals surface area contributed by atoms with Crippen molar-refractivity contribution in [3.8, 4) is 0 Å². The molecule has 108 valence electrons. The third-order valence-electron chi connectivity index (χ3n) is 4.34. The van der Waals surface area contributed by atoms with Crippen LogP contribution in [0.15, 0.2) is 30.3 Å². The topological polar surface area (TPSA) is 41.1 Å². The van der Waals surface area contributed by atoms with Gasteiger partial charge in [-0.05, 0) is 24.8 Å². The fourth-order valence-electron chi connectivity index (χ4n) is 3.07. The molecule has 20 heavy (non-hydrogen) atoms. The molecule has 1 aromatic carbocycles. The predicted octanol–water partition coefficient (Wildman–Crippen LogP) is 2.28. The van der Waals surface area contributed by atoms with Crippen molar-refractivity contribution < 1.29 is 4.79 Å². The van der Waals surface area contributed by atoms with Crippen molar-refractivity contribution >= 4 is 17.7 Å². The van der Waals surface area contributed by atoms with Gasteiger partial charge in [-0.2, -0.15) is 11.8 Å². The lowest BCUT2D eigenvalue weighted by Gasteiger charge is -2.43. The van der Waals surface area contributed by atoms with E-state index in [4.69, 9.17) is 0 Å². The number of carbonyl (C=O) groups excluding carboxylic acids is 1. The van der Waals surface area contributed by atoms with Crippen molar-refractivity contribution in [1.29, 1.82) is 0 Å². The zero-order valence-corrected chi connectivity index (χ0v) is 12.5. The van der Waals surface area contributed by atoms with Crippen LogP contribution in [0.1, 0.15) is 31.2 Å². The molecule has 1 atom stereocenters. The van der Waals surface area contributed by atoms with Gasteiger partial charge in [0.25, 0.3) is 0 Å². The second-order valence-electron chi connectivity index (χ2n) is 5.78. The van der Waals surface area contributed by atoms with Gasteiger partial charge in [-0.1, -0.05) is 30.3 Å². The van der Waals surface area contributed by atoms with Crippen LogP contribution < -0.4 is 10.6 Å². The number of hydrogen-bond donors (Lipinski definition) is 2. The van der Waals surface area contributed by atoms with Crippen LogP contribution in [0.4, 0.5) is 0 Å². The summed E-state index contributed by atoms with van der Waals surface area (Å²) in [4.78, 5) is 12.3. The summed E-state index contributed by atoms with van der Waals surface area (Å²) in [5.74, 6) is 2.39. The van der Waals surface area contributed by atoms with Gasteiger partial charge >= 0.3 is 0 Å². The van der Waals surface area contributed by atoms with Crippen LogP contribution >= 0.6 is 11.8 Å². The molecular weight excluding hydrogens is 268 g/mol. The summed E-state index contributed by atoms with van der Waals surface area (Å²) in [6, 6.07) is 10.7. The third-order valence-corrected chi connectivity index (χ3v) is 5.47. The second kappa shape index (κ2) is 6.19. The Bertz CT molecular complexity index is 453. The summed E-state index contributed by atoms with van der Waals surface area (Å²) >= 11 is 1.94. The Kier molecular flexibility index (Phi) is 4.32. The van der Waals surface area contributed by atoms with Crippen molar-refractivity contribution in [2.24, 2.45) is 0 Å². The molecule has 3 rings (SSSR count). The molecule has 1 heterocycles. The van der Waals surface area contributed by atoms with E-state index < -0.39 is 0 Å². The van der Waals surface area contributed by atoms with Gasteiger partial charge < -0.3 is 10.6 Å². The van der Waals surface area contributed by atoms with Crippen molar-refractivity contribution in [3.05, 3.63) is 35.9 Å². The lowest BCUT2D eigenvalue weighted by molar-refractivity contribution is -0.124. The first-order valence-electron chi connectivity index (χ1n) is 7.46. The highest BCUT2D eigenvalue weighted by Gasteiger charge is 2.40. The first-order valence-corrected chi connectivity index (χ1v) is 8.62. The summed E-state index contributed by atoms with van der Waals surface area (Å²) in [6.07, 6.45) is 3.93. The Labute approximate surface area is 124 Å². The zero-order chi connectivity index (χ0) is 13.8. The van der Waals surface area contributed by atoms with Crippen LogP contribution in [0, 0.1) is 0 Å². The molecule has 1 aliphatic heterocycles. The second-order valence-corrected chi connectivity index (χ2v) is 6.93. The summed E-state index contributed by atoms with van der Waals surface area (Å²) < 4.78 is 0. The van der Waals surface area contributed by atoms with E-state index in [2.05, 4.69) is 34.9 Å². The molecular formula is C16H22N2OS. The first-order chi connectivity index (χ1) is 9.78. The van der Waals surface area contributed by atoms with Crippen LogP contribution in [0.5, 0.6) is 0 Å². The van der Waals surface area contributed by atoms with E-state index in [9.17, 15) is 4.79 Å². The number of nitrogens with one attached hydrogen (secondary N) is 2. The predicted molar refractivity (Wildman–Crippen MR) is 83.8 cm³/mol. The molecule has 4 heteroatoms. The molecule has 0 spiro atoms. The van der Waals surface area contributed by atoms with Crippen LogP contribution in [0.2, 0.25) is 0 Å². The molecule has 0 aromatic heterocycles. The summed E-state index contributed by atoms with van der Waals surface area (Å²) in [5, 5.41) is 6.74. The van der Waals surface area contributed by atoms with Crippen molar-refractivity contribution in [2.75, 3.05) is 18.1 Å². The molecule has 1 aliphatic carbocycles. The first kappa shape index (κ1) is 14.0. The fraction of sp³-hybridized carbons (Fsp3) is 0.562. The van der Waals surface area contributed by atoms with Gasteiger partial charge in [-0.3, -0.25) is 4.79 Å². The number of hydrogen-bond acceptors (Lipinski definition) is 3. The minimum Gasteiger partial charge on any atom is -0.347 e. The molecule has 0 bridgehead atoms. The van der Waals surface area contributed by atoms with Crippen LogP contribution in [-0.2, 0) is 10.3 Å². The maximum absolute atomic E-state index is 12.3. The lowest BCUT2D eigenvalue weighted by Crippen LogP contribution is -2.52. The van der Waals surface area contributed by atoms with Crippen LogP contribution in [0.25, 0.3) is 0 Å². The molecule has 0 radical (unpaired) electrons. The quantitative estimate of drug-likeness (QED) is 0.894. The van der Waals surface area contributed by atoms with Crippen molar-refractivity contribution in [1.82, 2.24) is 10.6 Å². The molecule has 1 amide bonds. The summed E-state index contributed by atoms with van der Waals surface area (Å²) in [6.45, 7) is 1.02. The highest BCUT2D eigenvalue weighted by Crippen LogP contribution is 2.41. The summed E-state index contributed by atoms with van der Waals surface area (Å²) in [5.41, 5.74) is 1.16. The van der Waals surface area contributed by atoms with Gasteiger partial charge in [-0.25, -0.2) is 0 Å². The SMILES string of the molecule is O=C(CC1CSCCN1)NC1(c2ccccc2)CCC1. The number of amides is 1. The highest BCUT2D eigenvalue weighted by atomic mass is 32.2. The van der Waals surface area contributed by atoms with E-state index >= 15 is 0 Å². The Morgan fingerprint density at radius 1 is 1.35 bits per heavy atom. The smallest absolute Gasteiger partial charge is 0.222 e. The lowest BCUT2D eigenvalue weighted by atomic mass is 9.71. The number of carbonyl (C=O) groups is 1. The van der Waals surface area contributed by atoms with Gasteiger partial charge in [0, 0.05) is 30.5 Å². The molecule has 2 aliphatic rings. The molecule has 2 N–H and O–H groups in total. The Balaban J connectivity index is 1.61. The zero-order valence-electron chi connectivity index (χ0n) is 11.7. The minimum absolute atomic E-state index is 0.0971. The Morgan fingerprint density at radius 3 is 2.75 bits per heavy atom. The average Bonchev–Trinajstić information content (AvgIpc) is 2.45. The van der Waals surface area contributed by atoms with Crippen molar-refractivity contribution in [2.45, 2.75) is 37.3 Å². The van der Waals surface area contributed by atoms with E-state index in [0.717, 1.165) is 30.9 Å². The monoisotopic (exact) mass is 290 g/mol. The summed E-state index contributed by atoms with van der Waals surface area (Å²) in [7, 11) is 0. The maximum Gasteiger partial charge on any atom is 0.222 e. The average molecular weight is 290 g/mol. The molecule has 2 fully saturated rings.